The number of carboxylic acids is 1. The topological polar surface area (TPSA) is 88.1 Å². The van der Waals surface area contributed by atoms with E-state index in [1.807, 2.05) is 0 Å². The van der Waals surface area contributed by atoms with Crippen LogP contribution in [-0.2, 0) is 11.3 Å². The average Bonchev–Trinajstić information content (AvgIpc) is 2.52. The van der Waals surface area contributed by atoms with Crippen molar-refractivity contribution in [2.45, 2.75) is 26.5 Å². The van der Waals surface area contributed by atoms with E-state index in [0.717, 1.165) is 0 Å². The number of alkyl halides is 2. The van der Waals surface area contributed by atoms with Gasteiger partial charge in [0.05, 0.1) is 13.0 Å². The fourth-order valence-corrected chi connectivity index (χ4v) is 1.80. The van der Waals surface area contributed by atoms with Gasteiger partial charge in [0, 0.05) is 20.1 Å². The van der Waals surface area contributed by atoms with Gasteiger partial charge in [-0.05, 0) is 24.6 Å². The third kappa shape index (κ3) is 6.67. The molecular weight excluding hydrogens is 326 g/mol. The molecule has 0 heterocycles. The van der Waals surface area contributed by atoms with Crippen molar-refractivity contribution in [3.63, 3.8) is 0 Å². The van der Waals surface area contributed by atoms with E-state index in [1.165, 1.54) is 30.1 Å². The molecule has 0 radical (unpaired) electrons. The number of hydrogen-bond acceptors (Lipinski definition) is 4. The molecule has 0 saturated carbocycles. The van der Waals surface area contributed by atoms with Crippen molar-refractivity contribution < 1.29 is 33.0 Å². The van der Waals surface area contributed by atoms with E-state index in [-0.39, 0.29) is 37.6 Å². The Labute approximate surface area is 138 Å². The zero-order chi connectivity index (χ0) is 18.1. The van der Waals surface area contributed by atoms with Crippen LogP contribution in [0.5, 0.6) is 11.5 Å². The molecule has 9 heteroatoms. The van der Waals surface area contributed by atoms with Crippen molar-refractivity contribution in [2.75, 3.05) is 20.2 Å². The van der Waals surface area contributed by atoms with Gasteiger partial charge in [0.15, 0.2) is 11.5 Å². The Morgan fingerprint density at radius 3 is 2.62 bits per heavy atom. The molecule has 0 aliphatic rings. The summed E-state index contributed by atoms with van der Waals surface area (Å²) < 4.78 is 34.3. The maximum Gasteiger partial charge on any atom is 0.387 e. The predicted molar refractivity (Wildman–Crippen MR) is 81.4 cm³/mol. The molecule has 1 aromatic rings. The van der Waals surface area contributed by atoms with Crippen LogP contribution in [-0.4, -0.2) is 48.8 Å². The lowest BCUT2D eigenvalue weighted by Gasteiger charge is -2.17. The molecule has 1 aromatic carbocycles. The van der Waals surface area contributed by atoms with Gasteiger partial charge in [-0.1, -0.05) is 6.07 Å². The summed E-state index contributed by atoms with van der Waals surface area (Å²) in [6.07, 6.45) is -0.155. The molecular formula is C15H20F2N2O5. The Morgan fingerprint density at radius 1 is 1.33 bits per heavy atom. The van der Waals surface area contributed by atoms with Gasteiger partial charge in [-0.3, -0.25) is 4.79 Å². The largest absolute Gasteiger partial charge is 0.490 e. The molecule has 0 unspecified atom stereocenters. The number of carbonyl (C=O) groups is 2. The summed E-state index contributed by atoms with van der Waals surface area (Å²) in [5.74, 6) is -0.921. The minimum Gasteiger partial charge on any atom is -0.490 e. The average molecular weight is 346 g/mol. The van der Waals surface area contributed by atoms with Crippen molar-refractivity contribution in [2.24, 2.45) is 0 Å². The summed E-state index contributed by atoms with van der Waals surface area (Å²) in [6.45, 7) is -0.777. The highest BCUT2D eigenvalue weighted by Crippen LogP contribution is 2.29. The van der Waals surface area contributed by atoms with Crippen LogP contribution >= 0.6 is 0 Å². The van der Waals surface area contributed by atoms with Gasteiger partial charge in [0.2, 0.25) is 0 Å². The van der Waals surface area contributed by atoms with Crippen molar-refractivity contribution in [3.8, 4) is 11.5 Å². The number of nitrogens with zero attached hydrogens (tertiary/aromatic N) is 1. The first-order valence-corrected chi connectivity index (χ1v) is 7.24. The molecule has 134 valence electrons. The molecule has 0 atom stereocenters. The van der Waals surface area contributed by atoms with Gasteiger partial charge >= 0.3 is 18.6 Å². The van der Waals surface area contributed by atoms with Gasteiger partial charge < -0.3 is 24.8 Å². The number of urea groups is 1. The number of aliphatic carboxylic acids is 1. The zero-order valence-corrected chi connectivity index (χ0v) is 13.4. The number of benzene rings is 1. The van der Waals surface area contributed by atoms with Gasteiger partial charge in [-0.2, -0.15) is 8.78 Å². The van der Waals surface area contributed by atoms with Gasteiger partial charge in [0.25, 0.3) is 0 Å². The SMILES string of the molecule is CCOc1cc(CNC(=O)N(C)CCC(=O)O)ccc1OC(F)F. The second-order valence-corrected chi connectivity index (χ2v) is 4.82. The number of halogens is 2. The summed E-state index contributed by atoms with van der Waals surface area (Å²) >= 11 is 0. The minimum atomic E-state index is -2.96. The third-order valence-corrected chi connectivity index (χ3v) is 2.98. The van der Waals surface area contributed by atoms with Gasteiger partial charge in [-0.25, -0.2) is 4.79 Å². The Kier molecular flexibility index (Phi) is 7.73. The lowest BCUT2D eigenvalue weighted by Crippen LogP contribution is -2.37. The van der Waals surface area contributed by atoms with Crippen molar-refractivity contribution >= 4 is 12.0 Å². The standard InChI is InChI=1S/C15H20F2N2O5/c1-3-23-12-8-10(4-5-11(12)24-14(16)17)9-18-15(22)19(2)7-6-13(20)21/h4-5,8,14H,3,6-7,9H2,1-2H3,(H,18,22)(H,20,21). The number of ether oxygens (including phenoxy) is 2. The van der Waals surface area contributed by atoms with Crippen LogP contribution < -0.4 is 14.8 Å². The highest BCUT2D eigenvalue weighted by atomic mass is 19.3. The highest BCUT2D eigenvalue weighted by molar-refractivity contribution is 5.75. The molecule has 0 aliphatic carbocycles. The van der Waals surface area contributed by atoms with Crippen molar-refractivity contribution in [1.29, 1.82) is 0 Å². The normalized spacial score (nSPS) is 10.4. The summed E-state index contributed by atoms with van der Waals surface area (Å²) in [7, 11) is 1.48. The number of rotatable bonds is 9. The fraction of sp³-hybridized carbons (Fsp3) is 0.467. The van der Waals surface area contributed by atoms with Gasteiger partial charge in [-0.15, -0.1) is 0 Å². The quantitative estimate of drug-likeness (QED) is 0.716. The molecule has 1 rings (SSSR count). The van der Waals surface area contributed by atoms with Crippen LogP contribution in [0.4, 0.5) is 13.6 Å². The summed E-state index contributed by atoms with van der Waals surface area (Å²) in [4.78, 5) is 23.5. The maximum atomic E-state index is 12.3. The summed E-state index contributed by atoms with van der Waals surface area (Å²) in [5.41, 5.74) is 0.625. The number of carboxylic acid groups (broad SMARTS) is 1. The fourth-order valence-electron chi connectivity index (χ4n) is 1.80. The van der Waals surface area contributed by atoms with Crippen LogP contribution in [0, 0.1) is 0 Å². The molecule has 0 spiro atoms. The predicted octanol–water partition coefficient (Wildman–Crippen LogP) is 2.30. The van der Waals surface area contributed by atoms with Crippen LogP contribution in [0.1, 0.15) is 18.9 Å². The Balaban J connectivity index is 2.65. The molecule has 2 N–H and O–H groups in total. The monoisotopic (exact) mass is 346 g/mol. The van der Waals surface area contributed by atoms with Crippen LogP contribution in [0.25, 0.3) is 0 Å². The van der Waals surface area contributed by atoms with E-state index in [4.69, 9.17) is 9.84 Å². The van der Waals surface area contributed by atoms with E-state index >= 15 is 0 Å². The Hall–Kier alpha value is -2.58. The number of hydrogen-bond donors (Lipinski definition) is 2. The number of nitrogens with one attached hydrogen (secondary N) is 1. The third-order valence-electron chi connectivity index (χ3n) is 2.98. The Morgan fingerprint density at radius 2 is 2.04 bits per heavy atom. The molecule has 0 bridgehead atoms. The number of carbonyl (C=O) groups excluding carboxylic acids is 1. The van der Waals surface area contributed by atoms with E-state index < -0.39 is 18.6 Å². The Bertz CT molecular complexity index is 569. The summed E-state index contributed by atoms with van der Waals surface area (Å²) in [5, 5.41) is 11.2. The van der Waals surface area contributed by atoms with Crippen molar-refractivity contribution in [1.82, 2.24) is 10.2 Å². The van der Waals surface area contributed by atoms with Crippen molar-refractivity contribution in [3.05, 3.63) is 23.8 Å². The van der Waals surface area contributed by atoms with Crippen LogP contribution in [0.15, 0.2) is 18.2 Å². The first-order chi connectivity index (χ1) is 11.3. The van der Waals surface area contributed by atoms with E-state index in [1.54, 1.807) is 6.92 Å². The molecule has 0 saturated heterocycles. The van der Waals surface area contributed by atoms with Crippen LogP contribution in [0.2, 0.25) is 0 Å². The number of amides is 2. The molecule has 7 nitrogen and oxygen atoms in total. The molecule has 0 aromatic heterocycles. The minimum absolute atomic E-state index is 0.0759. The highest BCUT2D eigenvalue weighted by Gasteiger charge is 2.13. The maximum absolute atomic E-state index is 12.3. The lowest BCUT2D eigenvalue weighted by atomic mass is 10.2. The van der Waals surface area contributed by atoms with E-state index in [2.05, 4.69) is 10.1 Å². The molecule has 24 heavy (non-hydrogen) atoms. The first-order valence-electron chi connectivity index (χ1n) is 7.24. The zero-order valence-electron chi connectivity index (χ0n) is 13.4. The smallest absolute Gasteiger partial charge is 0.387 e. The summed E-state index contributed by atoms with van der Waals surface area (Å²) in [6, 6.07) is 3.92. The van der Waals surface area contributed by atoms with E-state index in [9.17, 15) is 18.4 Å². The molecule has 0 aliphatic heterocycles. The first kappa shape index (κ1) is 19.5. The van der Waals surface area contributed by atoms with Crippen LogP contribution in [0.3, 0.4) is 0 Å². The second-order valence-electron chi connectivity index (χ2n) is 4.82. The molecule has 2 amide bonds. The van der Waals surface area contributed by atoms with Gasteiger partial charge in [0.1, 0.15) is 0 Å². The molecule has 0 fully saturated rings. The van der Waals surface area contributed by atoms with E-state index in [0.29, 0.717) is 5.56 Å². The second kappa shape index (κ2) is 9.53. The lowest BCUT2D eigenvalue weighted by molar-refractivity contribution is -0.137.